The molecule has 4 rings (SSSR count). The van der Waals surface area contributed by atoms with Gasteiger partial charge in [0.05, 0.1) is 23.9 Å². The molecule has 0 aliphatic carbocycles. The highest BCUT2D eigenvalue weighted by Gasteiger charge is 2.22. The van der Waals surface area contributed by atoms with E-state index in [-0.39, 0.29) is 18.1 Å². The number of ether oxygens (including phenoxy) is 2. The van der Waals surface area contributed by atoms with Crippen molar-refractivity contribution < 1.29 is 14.3 Å². The second kappa shape index (κ2) is 8.03. The van der Waals surface area contributed by atoms with Gasteiger partial charge in [-0.05, 0) is 37.8 Å². The van der Waals surface area contributed by atoms with E-state index in [4.69, 9.17) is 9.47 Å². The predicted molar refractivity (Wildman–Crippen MR) is 111 cm³/mol. The standard InChI is InChI=1S/C22H23N5O3/c1-13(2)30-20-7-18-17(6-14(20)8-23)19(15-9-25-27(3)11-15)10-24-22(18)29-12-16-4-5-21(28)26-16/h6-7,9-11,13,16H,4-5,12H2,1-3H3,(H,26,28). The molecule has 30 heavy (non-hydrogen) atoms. The average molecular weight is 405 g/mol. The number of nitrogens with one attached hydrogen (secondary N) is 1. The van der Waals surface area contributed by atoms with Gasteiger partial charge in [0.15, 0.2) is 0 Å². The third-order valence-corrected chi connectivity index (χ3v) is 4.96. The van der Waals surface area contributed by atoms with E-state index < -0.39 is 0 Å². The van der Waals surface area contributed by atoms with E-state index in [0.29, 0.717) is 30.2 Å². The molecular formula is C22H23N5O3. The summed E-state index contributed by atoms with van der Waals surface area (Å²) >= 11 is 0. The summed E-state index contributed by atoms with van der Waals surface area (Å²) in [6, 6.07) is 5.81. The topological polar surface area (TPSA) is 102 Å². The summed E-state index contributed by atoms with van der Waals surface area (Å²) in [4.78, 5) is 16.0. The summed E-state index contributed by atoms with van der Waals surface area (Å²) in [5.41, 5.74) is 2.19. The maximum absolute atomic E-state index is 11.5. The van der Waals surface area contributed by atoms with Gasteiger partial charge in [0, 0.05) is 42.4 Å². The van der Waals surface area contributed by atoms with Crippen molar-refractivity contribution in [2.75, 3.05) is 6.61 Å². The molecule has 0 spiro atoms. The number of carbonyl (C=O) groups is 1. The number of nitrogens with zero attached hydrogens (tertiary/aromatic N) is 4. The number of amides is 1. The lowest BCUT2D eigenvalue weighted by Crippen LogP contribution is -2.31. The van der Waals surface area contributed by atoms with Gasteiger partial charge in [-0.25, -0.2) is 4.98 Å². The van der Waals surface area contributed by atoms with Crippen LogP contribution < -0.4 is 14.8 Å². The summed E-state index contributed by atoms with van der Waals surface area (Å²) in [7, 11) is 1.85. The number of hydrogen-bond donors (Lipinski definition) is 1. The first-order valence-corrected chi connectivity index (χ1v) is 9.89. The molecule has 154 valence electrons. The van der Waals surface area contributed by atoms with Gasteiger partial charge in [0.2, 0.25) is 11.8 Å². The number of hydrogen-bond acceptors (Lipinski definition) is 6. The molecular weight excluding hydrogens is 382 g/mol. The summed E-state index contributed by atoms with van der Waals surface area (Å²) in [5, 5.41) is 18.4. The van der Waals surface area contributed by atoms with Crippen LogP contribution in [0.1, 0.15) is 32.3 Å². The van der Waals surface area contributed by atoms with E-state index in [0.717, 1.165) is 28.3 Å². The molecule has 1 aromatic carbocycles. The molecule has 2 aromatic heterocycles. The number of benzene rings is 1. The second-order valence-electron chi connectivity index (χ2n) is 7.67. The Morgan fingerprint density at radius 1 is 1.33 bits per heavy atom. The van der Waals surface area contributed by atoms with Crippen LogP contribution in [-0.4, -0.2) is 39.4 Å². The van der Waals surface area contributed by atoms with Gasteiger partial charge in [-0.15, -0.1) is 0 Å². The zero-order chi connectivity index (χ0) is 21.3. The van der Waals surface area contributed by atoms with Crippen LogP contribution >= 0.6 is 0 Å². The van der Waals surface area contributed by atoms with Crippen molar-refractivity contribution in [3.8, 4) is 28.8 Å². The van der Waals surface area contributed by atoms with Crippen molar-refractivity contribution in [3.63, 3.8) is 0 Å². The molecule has 0 saturated carbocycles. The van der Waals surface area contributed by atoms with Gasteiger partial charge in [-0.1, -0.05) is 0 Å². The number of aromatic nitrogens is 3. The van der Waals surface area contributed by atoms with Gasteiger partial charge in [-0.3, -0.25) is 9.48 Å². The number of rotatable bonds is 6. The first-order valence-electron chi connectivity index (χ1n) is 9.89. The number of pyridine rings is 1. The van der Waals surface area contributed by atoms with Crippen LogP contribution in [0.15, 0.2) is 30.7 Å². The van der Waals surface area contributed by atoms with Crippen molar-refractivity contribution in [1.29, 1.82) is 5.26 Å². The Hall–Kier alpha value is -3.60. The minimum Gasteiger partial charge on any atom is -0.490 e. The van der Waals surface area contributed by atoms with Gasteiger partial charge in [0.25, 0.3) is 0 Å². The Morgan fingerprint density at radius 2 is 2.17 bits per heavy atom. The Kier molecular flexibility index (Phi) is 5.27. The summed E-state index contributed by atoms with van der Waals surface area (Å²) in [5.74, 6) is 0.973. The lowest BCUT2D eigenvalue weighted by Gasteiger charge is -2.17. The third-order valence-electron chi connectivity index (χ3n) is 4.96. The van der Waals surface area contributed by atoms with Crippen molar-refractivity contribution in [3.05, 3.63) is 36.3 Å². The largest absolute Gasteiger partial charge is 0.490 e. The molecule has 3 heterocycles. The Labute approximate surface area is 174 Å². The molecule has 1 atom stereocenters. The summed E-state index contributed by atoms with van der Waals surface area (Å²) in [6.07, 6.45) is 6.56. The number of aryl methyl sites for hydroxylation is 1. The minimum atomic E-state index is -0.0814. The fraction of sp³-hybridized carbons (Fsp3) is 0.364. The van der Waals surface area contributed by atoms with E-state index in [2.05, 4.69) is 21.5 Å². The number of fused-ring (bicyclic) bond motifs is 1. The molecule has 1 N–H and O–H groups in total. The predicted octanol–water partition coefficient (Wildman–Crippen LogP) is 2.95. The molecule has 8 nitrogen and oxygen atoms in total. The highest BCUT2D eigenvalue weighted by Crippen LogP contribution is 2.37. The molecule has 1 unspecified atom stereocenters. The van der Waals surface area contributed by atoms with E-state index >= 15 is 0 Å². The molecule has 1 amide bonds. The monoisotopic (exact) mass is 405 g/mol. The molecule has 1 aliphatic rings. The van der Waals surface area contributed by atoms with Crippen LogP contribution in [0.25, 0.3) is 21.9 Å². The summed E-state index contributed by atoms with van der Waals surface area (Å²) < 4.78 is 13.6. The van der Waals surface area contributed by atoms with Crippen LogP contribution in [-0.2, 0) is 11.8 Å². The van der Waals surface area contributed by atoms with Gasteiger partial charge >= 0.3 is 0 Å². The first kappa shape index (κ1) is 19.7. The zero-order valence-corrected chi connectivity index (χ0v) is 17.2. The smallest absolute Gasteiger partial charge is 0.221 e. The lowest BCUT2D eigenvalue weighted by atomic mass is 10.0. The molecule has 1 fully saturated rings. The molecule has 8 heteroatoms. The maximum atomic E-state index is 11.5. The van der Waals surface area contributed by atoms with Gasteiger partial charge in [-0.2, -0.15) is 10.4 Å². The Bertz CT molecular complexity index is 1150. The van der Waals surface area contributed by atoms with Gasteiger partial charge < -0.3 is 14.8 Å². The maximum Gasteiger partial charge on any atom is 0.221 e. The molecule has 0 bridgehead atoms. The molecule has 1 saturated heterocycles. The van der Waals surface area contributed by atoms with Crippen molar-refractivity contribution in [2.45, 2.75) is 38.8 Å². The van der Waals surface area contributed by atoms with E-state index in [1.807, 2.05) is 33.2 Å². The zero-order valence-electron chi connectivity index (χ0n) is 17.2. The van der Waals surface area contributed by atoms with Gasteiger partial charge in [0.1, 0.15) is 18.4 Å². The highest BCUT2D eigenvalue weighted by molar-refractivity contribution is 6.00. The van der Waals surface area contributed by atoms with Crippen molar-refractivity contribution in [2.24, 2.45) is 7.05 Å². The van der Waals surface area contributed by atoms with Crippen LogP contribution in [0.4, 0.5) is 0 Å². The van der Waals surface area contributed by atoms with E-state index in [1.165, 1.54) is 0 Å². The fourth-order valence-corrected chi connectivity index (χ4v) is 3.57. The van der Waals surface area contributed by atoms with E-state index in [9.17, 15) is 10.1 Å². The van der Waals surface area contributed by atoms with Crippen LogP contribution in [0, 0.1) is 11.3 Å². The van der Waals surface area contributed by atoms with Crippen LogP contribution in [0.5, 0.6) is 11.6 Å². The molecule has 0 radical (unpaired) electrons. The Balaban J connectivity index is 1.80. The number of nitriles is 1. The number of carbonyl (C=O) groups excluding carboxylic acids is 1. The van der Waals surface area contributed by atoms with Crippen molar-refractivity contribution >= 4 is 16.7 Å². The first-order chi connectivity index (χ1) is 14.4. The minimum absolute atomic E-state index is 0.0304. The normalized spacial score (nSPS) is 16.0. The third kappa shape index (κ3) is 3.92. The lowest BCUT2D eigenvalue weighted by molar-refractivity contribution is -0.119. The molecule has 1 aliphatic heterocycles. The van der Waals surface area contributed by atoms with Crippen molar-refractivity contribution in [1.82, 2.24) is 20.1 Å². The fourth-order valence-electron chi connectivity index (χ4n) is 3.57. The molecule has 3 aromatic rings. The average Bonchev–Trinajstić information content (AvgIpc) is 3.33. The van der Waals surface area contributed by atoms with Crippen LogP contribution in [0.3, 0.4) is 0 Å². The van der Waals surface area contributed by atoms with Crippen LogP contribution in [0.2, 0.25) is 0 Å². The highest BCUT2D eigenvalue weighted by atomic mass is 16.5. The summed E-state index contributed by atoms with van der Waals surface area (Å²) in [6.45, 7) is 4.16. The quantitative estimate of drug-likeness (QED) is 0.676. The SMILES string of the molecule is CC(C)Oc1cc2c(OCC3CCC(=O)N3)ncc(-c3cnn(C)c3)c2cc1C#N. The van der Waals surface area contributed by atoms with E-state index in [1.54, 1.807) is 23.1 Å². The Morgan fingerprint density at radius 3 is 2.80 bits per heavy atom. The second-order valence-corrected chi connectivity index (χ2v) is 7.67.